The Morgan fingerprint density at radius 2 is 1.67 bits per heavy atom. The van der Waals surface area contributed by atoms with Crippen LogP contribution in [0.25, 0.3) is 11.1 Å². The number of hydrogen-bond donors (Lipinski definition) is 2. The molecule has 11 heteroatoms. The summed E-state index contributed by atoms with van der Waals surface area (Å²) in [4.78, 5) is 40.2. The fraction of sp³-hybridized carbons (Fsp3) is 0.382. The van der Waals surface area contributed by atoms with Crippen LogP contribution < -0.4 is 18.9 Å². The number of hydrogen-bond acceptors (Lipinski definition) is 8. The predicted molar refractivity (Wildman–Crippen MR) is 165 cm³/mol. The third kappa shape index (κ3) is 8.45. The van der Waals surface area contributed by atoms with Crippen LogP contribution in [0, 0.1) is 0 Å². The Bertz CT molecular complexity index is 1540. The van der Waals surface area contributed by atoms with Gasteiger partial charge in [0, 0.05) is 43.6 Å². The fourth-order valence-corrected chi connectivity index (χ4v) is 5.44. The minimum atomic E-state index is -0.943. The summed E-state index contributed by atoms with van der Waals surface area (Å²) in [7, 11) is 2.06. The SMILES string of the molecule is CN1CCCN(C(=O)c2cc(OCc3cccc(OCCCC(=O)O)c3CCC(=O)O)cc(-c3ccc4c(c3)OCO4)c2)CC1. The molecule has 0 saturated carbocycles. The van der Waals surface area contributed by atoms with Crippen LogP contribution in [-0.4, -0.2) is 84.5 Å². The molecule has 1 fully saturated rings. The molecular weight excluding hydrogens is 580 g/mol. The van der Waals surface area contributed by atoms with E-state index in [0.717, 1.165) is 36.2 Å². The van der Waals surface area contributed by atoms with E-state index in [1.807, 2.05) is 41.3 Å². The lowest BCUT2D eigenvalue weighted by Crippen LogP contribution is -2.34. The zero-order valence-corrected chi connectivity index (χ0v) is 25.3. The van der Waals surface area contributed by atoms with Crippen molar-refractivity contribution in [1.82, 2.24) is 9.80 Å². The third-order valence-electron chi connectivity index (χ3n) is 7.87. The van der Waals surface area contributed by atoms with Crippen molar-refractivity contribution < 1.29 is 43.5 Å². The molecule has 2 N–H and O–H groups in total. The summed E-state index contributed by atoms with van der Waals surface area (Å²) in [5, 5.41) is 18.3. The van der Waals surface area contributed by atoms with Gasteiger partial charge in [0.05, 0.1) is 6.61 Å². The Kier molecular flexibility index (Phi) is 10.4. The molecule has 0 spiro atoms. The maximum absolute atomic E-state index is 13.8. The zero-order valence-electron chi connectivity index (χ0n) is 25.3. The highest BCUT2D eigenvalue weighted by atomic mass is 16.7. The van der Waals surface area contributed by atoms with Gasteiger partial charge < -0.3 is 39.0 Å². The van der Waals surface area contributed by atoms with Crippen molar-refractivity contribution in [2.75, 3.05) is 46.6 Å². The van der Waals surface area contributed by atoms with Gasteiger partial charge in [-0.3, -0.25) is 14.4 Å². The highest BCUT2D eigenvalue weighted by Gasteiger charge is 2.22. The predicted octanol–water partition coefficient (Wildman–Crippen LogP) is 4.70. The smallest absolute Gasteiger partial charge is 0.303 e. The molecule has 1 amide bonds. The van der Waals surface area contributed by atoms with Crippen molar-refractivity contribution in [1.29, 1.82) is 0 Å². The quantitative estimate of drug-likeness (QED) is 0.260. The Morgan fingerprint density at radius 1 is 0.844 bits per heavy atom. The average Bonchev–Trinajstić information content (AvgIpc) is 3.40. The Labute approximate surface area is 261 Å². The number of benzene rings is 3. The molecule has 0 atom stereocenters. The molecule has 2 aliphatic rings. The second-order valence-electron chi connectivity index (χ2n) is 11.2. The molecule has 45 heavy (non-hydrogen) atoms. The molecule has 2 aliphatic heterocycles. The maximum Gasteiger partial charge on any atom is 0.303 e. The molecule has 0 radical (unpaired) electrons. The van der Waals surface area contributed by atoms with Crippen LogP contribution in [0.4, 0.5) is 0 Å². The Hall–Kier alpha value is -4.77. The summed E-state index contributed by atoms with van der Waals surface area (Å²) < 4.78 is 23.2. The summed E-state index contributed by atoms with van der Waals surface area (Å²) in [5.74, 6) is 0.353. The Morgan fingerprint density at radius 3 is 2.49 bits per heavy atom. The number of likely N-dealkylation sites (N-methyl/N-ethyl adjacent to an activating group) is 1. The van der Waals surface area contributed by atoms with E-state index in [1.54, 1.807) is 18.2 Å². The van der Waals surface area contributed by atoms with Gasteiger partial charge in [-0.2, -0.15) is 0 Å². The van der Waals surface area contributed by atoms with Crippen LogP contribution in [0.2, 0.25) is 0 Å². The molecule has 0 aromatic heterocycles. The van der Waals surface area contributed by atoms with E-state index in [0.29, 0.717) is 53.6 Å². The minimum absolute atomic E-state index is 0.0256. The lowest BCUT2D eigenvalue weighted by Gasteiger charge is -2.22. The van der Waals surface area contributed by atoms with Crippen molar-refractivity contribution in [2.24, 2.45) is 0 Å². The standard InChI is InChI=1S/C34H38N2O9/c1-35-12-4-13-36(15-14-35)34(41)26-17-25(23-8-10-30-31(20-23)45-22-44-30)18-27(19-26)43-21-24-5-2-6-29(28(24)9-11-33(39)40)42-16-3-7-32(37)38/h2,5-6,8,10,17-20H,3-4,7,9,11-16,21-22H2,1H3,(H,37,38)(H,39,40). The van der Waals surface area contributed by atoms with E-state index in [-0.39, 0.29) is 45.2 Å². The van der Waals surface area contributed by atoms with Crippen molar-refractivity contribution >= 4 is 17.8 Å². The summed E-state index contributed by atoms with van der Waals surface area (Å²) in [6, 6.07) is 16.5. The number of carboxylic acid groups (broad SMARTS) is 2. The Balaban J connectivity index is 1.42. The fourth-order valence-electron chi connectivity index (χ4n) is 5.44. The first-order valence-electron chi connectivity index (χ1n) is 15.1. The normalized spacial score (nSPS) is 14.6. The second kappa shape index (κ2) is 14.8. The minimum Gasteiger partial charge on any atom is -0.493 e. The van der Waals surface area contributed by atoms with Gasteiger partial charge >= 0.3 is 11.9 Å². The maximum atomic E-state index is 13.8. The number of carbonyl (C=O) groups is 3. The number of fused-ring (bicyclic) bond motifs is 1. The molecule has 0 bridgehead atoms. The monoisotopic (exact) mass is 618 g/mol. The van der Waals surface area contributed by atoms with Crippen LogP contribution in [-0.2, 0) is 22.6 Å². The molecule has 0 unspecified atom stereocenters. The molecule has 238 valence electrons. The number of amides is 1. The van der Waals surface area contributed by atoms with E-state index in [2.05, 4.69) is 11.9 Å². The molecule has 0 aliphatic carbocycles. The van der Waals surface area contributed by atoms with Crippen molar-refractivity contribution in [3.05, 3.63) is 71.3 Å². The number of carbonyl (C=O) groups excluding carboxylic acids is 1. The summed E-state index contributed by atoms with van der Waals surface area (Å²) in [5.41, 5.74) is 3.55. The highest BCUT2D eigenvalue weighted by Crippen LogP contribution is 2.37. The van der Waals surface area contributed by atoms with Crippen LogP contribution in [0.1, 0.15) is 47.2 Å². The molecule has 11 nitrogen and oxygen atoms in total. The van der Waals surface area contributed by atoms with E-state index in [4.69, 9.17) is 24.1 Å². The summed E-state index contributed by atoms with van der Waals surface area (Å²) in [6.07, 6.45) is 1.30. The largest absolute Gasteiger partial charge is 0.493 e. The van der Waals surface area contributed by atoms with E-state index >= 15 is 0 Å². The van der Waals surface area contributed by atoms with Gasteiger partial charge in [0.25, 0.3) is 5.91 Å². The molecule has 2 heterocycles. The molecule has 3 aromatic rings. The lowest BCUT2D eigenvalue weighted by molar-refractivity contribution is -0.138. The number of aliphatic carboxylic acids is 2. The van der Waals surface area contributed by atoms with E-state index in [1.165, 1.54) is 0 Å². The topological polar surface area (TPSA) is 135 Å². The first-order valence-corrected chi connectivity index (χ1v) is 15.1. The van der Waals surface area contributed by atoms with Crippen LogP contribution in [0.3, 0.4) is 0 Å². The van der Waals surface area contributed by atoms with Gasteiger partial charge in [-0.25, -0.2) is 0 Å². The first kappa shape index (κ1) is 31.6. The van der Waals surface area contributed by atoms with E-state index < -0.39 is 11.9 Å². The number of nitrogens with zero attached hydrogens (tertiary/aromatic N) is 2. The van der Waals surface area contributed by atoms with Gasteiger partial charge in [0.1, 0.15) is 18.1 Å². The number of rotatable bonds is 13. The molecule has 1 saturated heterocycles. The number of ether oxygens (including phenoxy) is 4. The van der Waals surface area contributed by atoms with Crippen LogP contribution >= 0.6 is 0 Å². The number of carboxylic acids is 2. The van der Waals surface area contributed by atoms with Crippen LogP contribution in [0.5, 0.6) is 23.0 Å². The van der Waals surface area contributed by atoms with Gasteiger partial charge in [-0.1, -0.05) is 18.2 Å². The third-order valence-corrected chi connectivity index (χ3v) is 7.87. The van der Waals surface area contributed by atoms with Gasteiger partial charge in [-0.15, -0.1) is 0 Å². The van der Waals surface area contributed by atoms with Gasteiger partial charge in [0.2, 0.25) is 6.79 Å². The zero-order chi connectivity index (χ0) is 31.8. The molecule has 3 aromatic carbocycles. The molecule has 5 rings (SSSR count). The average molecular weight is 619 g/mol. The van der Waals surface area contributed by atoms with Gasteiger partial charge in [-0.05, 0) is 85.9 Å². The van der Waals surface area contributed by atoms with Crippen molar-refractivity contribution in [3.63, 3.8) is 0 Å². The summed E-state index contributed by atoms with van der Waals surface area (Å²) >= 11 is 0. The highest BCUT2D eigenvalue weighted by molar-refractivity contribution is 5.96. The lowest BCUT2D eigenvalue weighted by atomic mass is 10.0. The van der Waals surface area contributed by atoms with Gasteiger partial charge in [0.15, 0.2) is 11.5 Å². The second-order valence-corrected chi connectivity index (χ2v) is 11.2. The van der Waals surface area contributed by atoms with Crippen LogP contribution in [0.15, 0.2) is 54.6 Å². The first-order chi connectivity index (χ1) is 21.8. The summed E-state index contributed by atoms with van der Waals surface area (Å²) in [6.45, 7) is 3.47. The van der Waals surface area contributed by atoms with E-state index in [9.17, 15) is 19.5 Å². The van der Waals surface area contributed by atoms with Crippen molar-refractivity contribution in [2.45, 2.75) is 38.7 Å². The molecular formula is C34H38N2O9. The van der Waals surface area contributed by atoms with Crippen molar-refractivity contribution in [3.8, 4) is 34.1 Å².